The number of hydrogen-bond acceptors (Lipinski definition) is 3. The Labute approximate surface area is 164 Å². The van der Waals surface area contributed by atoms with E-state index in [9.17, 15) is 9.18 Å². The third-order valence-electron chi connectivity index (χ3n) is 4.50. The third kappa shape index (κ3) is 3.27. The standard InChI is InChI=1S/C22H14FN3OS/c23-16-12-10-14(11-13-16)20(25-26-24)19-21(27)17-8-4-5-9-18(17)28-22(19)15-6-2-1-3-7-15/h1-13,20H. The van der Waals surface area contributed by atoms with Crippen molar-refractivity contribution >= 4 is 21.4 Å². The molecule has 0 aliphatic heterocycles. The van der Waals surface area contributed by atoms with Gasteiger partial charge in [-0.25, -0.2) is 4.39 Å². The summed E-state index contributed by atoms with van der Waals surface area (Å²) in [5.41, 5.74) is 10.8. The Hall–Kier alpha value is -3.47. The SMILES string of the molecule is [N-]=[N+]=NC(c1ccc(F)cc1)c1c(-c2ccccc2)sc2ccccc2c1=O. The van der Waals surface area contributed by atoms with Gasteiger partial charge < -0.3 is 0 Å². The van der Waals surface area contributed by atoms with Gasteiger partial charge in [-0.15, -0.1) is 11.3 Å². The molecular weight excluding hydrogens is 373 g/mol. The number of hydrogen-bond donors (Lipinski definition) is 0. The largest absolute Gasteiger partial charge is 0.289 e. The second-order valence-corrected chi connectivity index (χ2v) is 7.25. The van der Waals surface area contributed by atoms with Crippen LogP contribution >= 0.6 is 11.3 Å². The first-order valence-electron chi connectivity index (χ1n) is 8.60. The van der Waals surface area contributed by atoms with Gasteiger partial charge in [-0.3, -0.25) is 4.79 Å². The molecule has 1 heterocycles. The fourth-order valence-electron chi connectivity index (χ4n) is 3.20. The minimum Gasteiger partial charge on any atom is -0.289 e. The molecule has 28 heavy (non-hydrogen) atoms. The van der Waals surface area contributed by atoms with Crippen molar-refractivity contribution in [2.45, 2.75) is 6.04 Å². The lowest BCUT2D eigenvalue weighted by molar-refractivity contribution is 0.626. The van der Waals surface area contributed by atoms with E-state index in [1.54, 1.807) is 18.2 Å². The zero-order chi connectivity index (χ0) is 19.5. The van der Waals surface area contributed by atoms with Crippen molar-refractivity contribution in [1.29, 1.82) is 0 Å². The normalized spacial score (nSPS) is 11.8. The summed E-state index contributed by atoms with van der Waals surface area (Å²) in [7, 11) is 0. The molecular formula is C22H14FN3OS. The van der Waals surface area contributed by atoms with Crippen molar-refractivity contribution in [1.82, 2.24) is 0 Å². The lowest BCUT2D eigenvalue weighted by Gasteiger charge is -2.17. The first kappa shape index (κ1) is 17.9. The molecule has 0 radical (unpaired) electrons. The van der Waals surface area contributed by atoms with Crippen LogP contribution in [0.2, 0.25) is 0 Å². The highest BCUT2D eigenvalue weighted by Crippen LogP contribution is 2.38. The molecule has 1 atom stereocenters. The third-order valence-corrected chi connectivity index (χ3v) is 5.73. The van der Waals surface area contributed by atoms with E-state index < -0.39 is 11.9 Å². The molecule has 6 heteroatoms. The molecule has 1 unspecified atom stereocenters. The predicted octanol–water partition coefficient (Wildman–Crippen LogP) is 6.47. The molecule has 0 saturated heterocycles. The maximum atomic E-state index is 13.4. The Kier molecular flexibility index (Phi) is 4.89. The molecule has 0 spiro atoms. The number of rotatable bonds is 4. The van der Waals surface area contributed by atoms with Gasteiger partial charge in [0.1, 0.15) is 5.82 Å². The monoisotopic (exact) mass is 387 g/mol. The highest BCUT2D eigenvalue weighted by molar-refractivity contribution is 7.21. The van der Waals surface area contributed by atoms with Crippen LogP contribution in [0, 0.1) is 5.82 Å². The molecule has 4 aromatic rings. The lowest BCUT2D eigenvalue weighted by Crippen LogP contribution is -2.14. The molecule has 0 aliphatic rings. The molecule has 0 amide bonds. The summed E-state index contributed by atoms with van der Waals surface area (Å²) >= 11 is 1.48. The van der Waals surface area contributed by atoms with E-state index >= 15 is 0 Å². The van der Waals surface area contributed by atoms with Crippen LogP contribution in [0.15, 0.2) is 88.8 Å². The summed E-state index contributed by atoms with van der Waals surface area (Å²) < 4.78 is 14.3. The smallest absolute Gasteiger partial charge is 0.192 e. The van der Waals surface area contributed by atoms with E-state index in [4.69, 9.17) is 5.53 Å². The van der Waals surface area contributed by atoms with Crippen molar-refractivity contribution in [2.75, 3.05) is 0 Å². The van der Waals surface area contributed by atoms with E-state index in [1.165, 1.54) is 23.5 Å². The number of benzene rings is 3. The van der Waals surface area contributed by atoms with Crippen molar-refractivity contribution in [2.24, 2.45) is 5.11 Å². The molecule has 4 nitrogen and oxygen atoms in total. The van der Waals surface area contributed by atoms with Crippen molar-refractivity contribution in [3.8, 4) is 10.4 Å². The molecule has 0 N–H and O–H groups in total. The number of fused-ring (bicyclic) bond motifs is 1. The van der Waals surface area contributed by atoms with Crippen molar-refractivity contribution in [3.05, 3.63) is 116 Å². The Balaban J connectivity index is 2.08. The first-order chi connectivity index (χ1) is 13.7. The van der Waals surface area contributed by atoms with Crippen LogP contribution in [0.4, 0.5) is 4.39 Å². The van der Waals surface area contributed by atoms with Gasteiger partial charge in [0.15, 0.2) is 5.43 Å². The highest BCUT2D eigenvalue weighted by Gasteiger charge is 2.23. The van der Waals surface area contributed by atoms with Gasteiger partial charge in [0.2, 0.25) is 0 Å². The molecule has 0 fully saturated rings. The van der Waals surface area contributed by atoms with E-state index in [-0.39, 0.29) is 5.43 Å². The zero-order valence-corrected chi connectivity index (χ0v) is 15.4. The fourth-order valence-corrected chi connectivity index (χ4v) is 4.40. The van der Waals surface area contributed by atoms with Crippen LogP contribution in [0.3, 0.4) is 0 Å². The minimum absolute atomic E-state index is 0.185. The van der Waals surface area contributed by atoms with Gasteiger partial charge in [-0.1, -0.05) is 59.7 Å². The minimum atomic E-state index is -0.853. The summed E-state index contributed by atoms with van der Waals surface area (Å²) in [5.74, 6) is -0.393. The van der Waals surface area contributed by atoms with Gasteiger partial charge in [0, 0.05) is 25.4 Å². The lowest BCUT2D eigenvalue weighted by atomic mass is 9.96. The van der Waals surface area contributed by atoms with Crippen LogP contribution in [-0.4, -0.2) is 0 Å². The molecule has 0 bridgehead atoms. The Morgan fingerprint density at radius 1 is 0.929 bits per heavy atom. The molecule has 4 rings (SSSR count). The van der Waals surface area contributed by atoms with Crippen LogP contribution in [0.1, 0.15) is 17.2 Å². The van der Waals surface area contributed by atoms with E-state index in [0.717, 1.165) is 15.1 Å². The Morgan fingerprint density at radius 2 is 1.61 bits per heavy atom. The summed E-state index contributed by atoms with van der Waals surface area (Å²) in [4.78, 5) is 17.1. The van der Waals surface area contributed by atoms with Gasteiger partial charge in [-0.05, 0) is 40.9 Å². The quantitative estimate of drug-likeness (QED) is 0.225. The molecule has 0 saturated carbocycles. The summed E-state index contributed by atoms with van der Waals surface area (Å²) in [6.45, 7) is 0. The first-order valence-corrected chi connectivity index (χ1v) is 9.41. The van der Waals surface area contributed by atoms with Crippen LogP contribution in [0.25, 0.3) is 31.0 Å². The summed E-state index contributed by atoms with van der Waals surface area (Å²) in [6, 6.07) is 21.7. The van der Waals surface area contributed by atoms with Gasteiger partial charge in [0.25, 0.3) is 0 Å². The van der Waals surface area contributed by atoms with Crippen LogP contribution in [0.5, 0.6) is 0 Å². The number of azide groups is 1. The zero-order valence-electron chi connectivity index (χ0n) is 14.6. The van der Waals surface area contributed by atoms with Gasteiger partial charge >= 0.3 is 0 Å². The van der Waals surface area contributed by atoms with Crippen LogP contribution in [-0.2, 0) is 0 Å². The van der Waals surface area contributed by atoms with Gasteiger partial charge in [0.05, 0.1) is 6.04 Å². The maximum absolute atomic E-state index is 13.4. The topological polar surface area (TPSA) is 65.8 Å². The summed E-state index contributed by atoms with van der Waals surface area (Å²) in [5, 5.41) is 4.48. The summed E-state index contributed by atoms with van der Waals surface area (Å²) in [6.07, 6.45) is 0. The molecule has 1 aromatic heterocycles. The average molecular weight is 387 g/mol. The number of nitrogens with zero attached hydrogens (tertiary/aromatic N) is 3. The number of halogens is 1. The van der Waals surface area contributed by atoms with E-state index in [0.29, 0.717) is 16.5 Å². The fraction of sp³-hybridized carbons (Fsp3) is 0.0455. The van der Waals surface area contributed by atoms with E-state index in [2.05, 4.69) is 10.0 Å². The second kappa shape index (κ2) is 7.64. The Bertz CT molecular complexity index is 1250. The average Bonchev–Trinajstić information content (AvgIpc) is 2.74. The predicted molar refractivity (Wildman–Crippen MR) is 111 cm³/mol. The second-order valence-electron chi connectivity index (χ2n) is 6.20. The van der Waals surface area contributed by atoms with Crippen molar-refractivity contribution in [3.63, 3.8) is 0 Å². The molecule has 136 valence electrons. The molecule has 0 aliphatic carbocycles. The van der Waals surface area contributed by atoms with Crippen LogP contribution < -0.4 is 5.43 Å². The van der Waals surface area contributed by atoms with Crippen molar-refractivity contribution < 1.29 is 4.39 Å². The maximum Gasteiger partial charge on any atom is 0.192 e. The highest BCUT2D eigenvalue weighted by atomic mass is 32.1. The Morgan fingerprint density at radius 3 is 2.32 bits per heavy atom. The van der Waals surface area contributed by atoms with Gasteiger partial charge in [-0.2, -0.15) is 0 Å². The molecule has 3 aromatic carbocycles. The van der Waals surface area contributed by atoms with E-state index in [1.807, 2.05) is 48.5 Å².